The zero-order valence-corrected chi connectivity index (χ0v) is 14.6. The fourth-order valence-corrected chi connectivity index (χ4v) is 3.52. The van der Waals surface area contributed by atoms with Gasteiger partial charge in [-0.15, -0.1) is 11.8 Å². The quantitative estimate of drug-likeness (QED) is 0.479. The Balaban J connectivity index is 1.89. The Bertz CT molecular complexity index is 759. The molecule has 126 valence electrons. The summed E-state index contributed by atoms with van der Waals surface area (Å²) in [5.74, 6) is 1.78. The monoisotopic (exact) mass is 346 g/mol. The van der Waals surface area contributed by atoms with Gasteiger partial charge in [-0.3, -0.25) is 0 Å². The van der Waals surface area contributed by atoms with Crippen LogP contribution in [0.3, 0.4) is 0 Å². The average Bonchev–Trinajstić information content (AvgIpc) is 2.58. The second kappa shape index (κ2) is 7.19. The van der Waals surface area contributed by atoms with Crippen LogP contribution in [0.2, 0.25) is 0 Å². The highest BCUT2D eigenvalue weighted by atomic mass is 32.2. The third-order valence-corrected chi connectivity index (χ3v) is 4.49. The van der Waals surface area contributed by atoms with Gasteiger partial charge < -0.3 is 14.2 Å². The Labute approximate surface area is 144 Å². The van der Waals surface area contributed by atoms with Crippen LogP contribution in [0.25, 0.3) is 0 Å². The van der Waals surface area contributed by atoms with E-state index in [2.05, 4.69) is 9.97 Å². The number of carbonyl (C=O) groups is 1. The molecule has 0 unspecified atom stereocenters. The van der Waals surface area contributed by atoms with E-state index in [-0.39, 0.29) is 12.8 Å². The van der Waals surface area contributed by atoms with Crippen LogP contribution in [0.5, 0.6) is 5.75 Å². The smallest absolute Gasteiger partial charge is 0.337 e. The van der Waals surface area contributed by atoms with Crippen molar-refractivity contribution < 1.29 is 19.0 Å². The van der Waals surface area contributed by atoms with E-state index < -0.39 is 0 Å². The number of benzene rings is 1. The average molecular weight is 346 g/mol. The number of nitrogens with zero attached hydrogens (tertiary/aromatic N) is 2. The molecule has 0 atom stereocenters. The molecule has 1 aliphatic heterocycles. The van der Waals surface area contributed by atoms with Crippen LogP contribution in [0.1, 0.15) is 33.0 Å². The molecule has 0 bridgehead atoms. The lowest BCUT2D eigenvalue weighted by Crippen LogP contribution is -2.15. The van der Waals surface area contributed by atoms with Gasteiger partial charge in [0, 0.05) is 22.6 Å². The van der Waals surface area contributed by atoms with Gasteiger partial charge in [-0.1, -0.05) is 0 Å². The van der Waals surface area contributed by atoms with E-state index in [0.717, 1.165) is 33.4 Å². The van der Waals surface area contributed by atoms with Crippen molar-refractivity contribution in [1.82, 2.24) is 9.97 Å². The van der Waals surface area contributed by atoms with Gasteiger partial charge in [0.2, 0.25) is 0 Å². The van der Waals surface area contributed by atoms with Crippen molar-refractivity contribution in [3.05, 3.63) is 46.4 Å². The van der Waals surface area contributed by atoms with E-state index in [1.165, 1.54) is 7.11 Å². The van der Waals surface area contributed by atoms with Crippen LogP contribution in [0, 0.1) is 13.8 Å². The molecule has 6 nitrogen and oxygen atoms in total. The minimum atomic E-state index is -0.372. The van der Waals surface area contributed by atoms with Crippen molar-refractivity contribution in [3.63, 3.8) is 0 Å². The summed E-state index contributed by atoms with van der Waals surface area (Å²) in [4.78, 5) is 20.6. The molecule has 0 saturated heterocycles. The first-order valence-corrected chi connectivity index (χ1v) is 8.45. The summed E-state index contributed by atoms with van der Waals surface area (Å²) in [7, 11) is 1.37. The van der Waals surface area contributed by atoms with E-state index >= 15 is 0 Å². The summed E-state index contributed by atoms with van der Waals surface area (Å²) in [5, 5.41) is 0.893. The first kappa shape index (κ1) is 16.7. The first-order valence-electron chi connectivity index (χ1n) is 7.46. The number of esters is 1. The predicted molar refractivity (Wildman–Crippen MR) is 89.1 cm³/mol. The zero-order valence-electron chi connectivity index (χ0n) is 13.8. The van der Waals surface area contributed by atoms with Crippen LogP contribution in [0.15, 0.2) is 23.2 Å². The van der Waals surface area contributed by atoms with Gasteiger partial charge in [-0.2, -0.15) is 0 Å². The van der Waals surface area contributed by atoms with Gasteiger partial charge in [0.25, 0.3) is 0 Å². The molecule has 24 heavy (non-hydrogen) atoms. The number of thioether (sulfide) groups is 1. The summed E-state index contributed by atoms with van der Waals surface area (Å²) < 4.78 is 15.8. The number of methoxy groups -OCH3 is 1. The number of carbonyl (C=O) groups excluding carboxylic acids is 1. The number of hydrogen-bond acceptors (Lipinski definition) is 7. The van der Waals surface area contributed by atoms with Crippen LogP contribution in [0.4, 0.5) is 0 Å². The Hall–Kier alpha value is -2.12. The standard InChI is InChI=1S/C17H18N2O4S/c1-10-4-15(19-11(2)18-10)24-8-14-6-12(17(20)21-3)5-13-7-22-9-23-16(13)14/h4-6H,7-9H2,1-3H3. The Morgan fingerprint density at radius 2 is 2.12 bits per heavy atom. The minimum Gasteiger partial charge on any atom is -0.467 e. The molecule has 3 rings (SSSR count). The maximum atomic E-state index is 11.9. The number of fused-ring (bicyclic) bond motifs is 1. The van der Waals surface area contributed by atoms with Crippen LogP contribution in [-0.2, 0) is 21.8 Å². The van der Waals surface area contributed by atoms with E-state index in [4.69, 9.17) is 14.2 Å². The lowest BCUT2D eigenvalue weighted by atomic mass is 10.0. The van der Waals surface area contributed by atoms with Crippen molar-refractivity contribution in [2.24, 2.45) is 0 Å². The molecule has 0 N–H and O–H groups in total. The highest BCUT2D eigenvalue weighted by molar-refractivity contribution is 7.98. The number of aryl methyl sites for hydroxylation is 2. The number of aromatic nitrogens is 2. The zero-order chi connectivity index (χ0) is 17.1. The summed E-state index contributed by atoms with van der Waals surface area (Å²) in [6.45, 7) is 4.45. The van der Waals surface area contributed by atoms with Gasteiger partial charge in [0.1, 0.15) is 16.6 Å². The molecule has 2 aromatic rings. The fourth-order valence-electron chi connectivity index (χ4n) is 2.55. The maximum absolute atomic E-state index is 11.9. The van der Waals surface area contributed by atoms with E-state index in [0.29, 0.717) is 17.9 Å². The first-order chi connectivity index (χ1) is 11.6. The predicted octanol–water partition coefficient (Wildman–Crippen LogP) is 3.04. The van der Waals surface area contributed by atoms with E-state index in [9.17, 15) is 4.79 Å². The van der Waals surface area contributed by atoms with Crippen molar-refractivity contribution in [3.8, 4) is 5.75 Å². The van der Waals surface area contributed by atoms with Gasteiger partial charge in [-0.05, 0) is 32.0 Å². The minimum absolute atomic E-state index is 0.216. The highest BCUT2D eigenvalue weighted by Crippen LogP contribution is 2.34. The van der Waals surface area contributed by atoms with Crippen LogP contribution in [-0.4, -0.2) is 29.8 Å². The van der Waals surface area contributed by atoms with Crippen LogP contribution < -0.4 is 4.74 Å². The fraction of sp³-hybridized carbons (Fsp3) is 0.353. The number of hydrogen-bond donors (Lipinski definition) is 0. The number of ether oxygens (including phenoxy) is 3. The van der Waals surface area contributed by atoms with Gasteiger partial charge in [-0.25, -0.2) is 14.8 Å². The van der Waals surface area contributed by atoms with Crippen molar-refractivity contribution >= 4 is 17.7 Å². The summed E-state index contributed by atoms with van der Waals surface area (Å²) in [6.07, 6.45) is 0. The summed E-state index contributed by atoms with van der Waals surface area (Å²) >= 11 is 1.58. The summed E-state index contributed by atoms with van der Waals surface area (Å²) in [5.41, 5.74) is 3.21. The highest BCUT2D eigenvalue weighted by Gasteiger charge is 2.20. The molecule has 1 aliphatic rings. The van der Waals surface area contributed by atoms with E-state index in [1.807, 2.05) is 26.0 Å². The molecule has 0 fully saturated rings. The van der Waals surface area contributed by atoms with Crippen molar-refractivity contribution in [1.29, 1.82) is 0 Å². The van der Waals surface area contributed by atoms with Gasteiger partial charge >= 0.3 is 5.97 Å². The number of rotatable bonds is 4. The third kappa shape index (κ3) is 3.68. The molecule has 7 heteroatoms. The molecule has 0 radical (unpaired) electrons. The van der Waals surface area contributed by atoms with Gasteiger partial charge in [0.15, 0.2) is 6.79 Å². The molecule has 2 heterocycles. The van der Waals surface area contributed by atoms with Crippen molar-refractivity contribution in [2.45, 2.75) is 31.2 Å². The molecule has 1 aromatic carbocycles. The lowest BCUT2D eigenvalue weighted by Gasteiger charge is -2.21. The normalized spacial score (nSPS) is 13.1. The SMILES string of the molecule is COC(=O)c1cc2c(c(CSc3cc(C)nc(C)n3)c1)OCOC2. The molecule has 0 saturated carbocycles. The molecule has 1 aromatic heterocycles. The molecule has 0 amide bonds. The molecule has 0 spiro atoms. The summed E-state index contributed by atoms with van der Waals surface area (Å²) in [6, 6.07) is 5.51. The van der Waals surface area contributed by atoms with Gasteiger partial charge in [0.05, 0.1) is 19.3 Å². The topological polar surface area (TPSA) is 70.5 Å². The van der Waals surface area contributed by atoms with E-state index in [1.54, 1.807) is 17.8 Å². The molecular formula is C17H18N2O4S. The second-order valence-corrected chi connectivity index (χ2v) is 6.40. The Kier molecular flexibility index (Phi) is 5.01. The maximum Gasteiger partial charge on any atom is 0.337 e. The Morgan fingerprint density at radius 1 is 1.29 bits per heavy atom. The van der Waals surface area contributed by atoms with Crippen LogP contribution >= 0.6 is 11.8 Å². The molecule has 0 aliphatic carbocycles. The second-order valence-electron chi connectivity index (χ2n) is 5.41. The lowest BCUT2D eigenvalue weighted by molar-refractivity contribution is -0.0169. The largest absolute Gasteiger partial charge is 0.467 e. The third-order valence-electron chi connectivity index (χ3n) is 3.53. The molecular weight excluding hydrogens is 328 g/mol. The van der Waals surface area contributed by atoms with Crippen molar-refractivity contribution in [2.75, 3.05) is 13.9 Å². The Morgan fingerprint density at radius 3 is 2.88 bits per heavy atom.